The van der Waals surface area contributed by atoms with E-state index in [2.05, 4.69) is 20.9 Å². The van der Waals surface area contributed by atoms with E-state index in [9.17, 15) is 4.39 Å². The standard InChI is InChI=1S/C11H6BrFN2.S76/c12-10-6-15-5-9(13)7-3-1-2-4-8(7)11(15)14-10;1-3-5-7-9-11-13-15-17-19-21-23-25-27-29-31-33-35-37-39-41-43-45-47-49-51-53-55-57-59-61-63-65-67-69-71-73-75-76-74-72-70-68-66-64-62-60-58-56-54-52-50-48-46-44-42-40-38-36-34-32-30-28-26-24-22-20-18-16-14-12-10-8-6-4-2/h1-6H;. The SMILES string of the molecule is Fc1cn2cc(Br)nc2c2ccccc12.S=S=S=S=S=S=S=S=S=S=S=S=S=S=S=S=S=S=S=S=S=S=S=S=S=S=S=S=S=S=S=S=S=S=S=S=S=S=S=S=S=S=S=S=S=S=S=S=S=S=S=S=S=S=S=S=S=S=S=S=S=S=S=S=S=S=S=S=S=S=S=S=S=S=S=S. The molecular weight excluding hydrogens is 2700 g/mol. The summed E-state index contributed by atoms with van der Waals surface area (Å²) in [6, 6.07) is 7.32. The Labute approximate surface area is 750 Å². The average Bonchev–Trinajstić information content (AvgIpc) is 1.73. The van der Waals surface area contributed by atoms with Gasteiger partial charge < -0.3 is 4.40 Å². The third kappa shape index (κ3) is 73.9. The monoisotopic (exact) mass is 2690 g/mol. The van der Waals surface area contributed by atoms with Gasteiger partial charge >= 0.3 is 0 Å². The summed E-state index contributed by atoms with van der Waals surface area (Å²) in [5.74, 6) is -0.233. The predicted octanol–water partition coefficient (Wildman–Crippen LogP) is 3.21. The van der Waals surface area contributed by atoms with E-state index in [1.807, 2.05) is 551 Å². The van der Waals surface area contributed by atoms with Crippen LogP contribution in [0.3, 0.4) is 0 Å². The number of halogens is 2. The molecule has 0 saturated carbocycles. The van der Waals surface area contributed by atoms with Gasteiger partial charge in [-0.25, -0.2) is 9.37 Å². The quantitative estimate of drug-likeness (QED) is 0.345. The van der Waals surface area contributed by atoms with Crippen LogP contribution in [0.4, 0.5) is 4.39 Å². The molecule has 3 rings (SSSR count). The lowest BCUT2D eigenvalue weighted by Crippen LogP contribution is -1.88. The molecular formula is C11H6BrFN2S76. The Bertz CT molecular complexity index is 6590. The molecule has 0 unspecified atom stereocenters. The van der Waals surface area contributed by atoms with Crippen molar-refractivity contribution in [3.63, 3.8) is 0 Å². The maximum atomic E-state index is 13.7. The van der Waals surface area contributed by atoms with Crippen LogP contribution in [0.2, 0.25) is 0 Å². The lowest BCUT2D eigenvalue weighted by atomic mass is 10.1. The van der Waals surface area contributed by atoms with Crippen molar-refractivity contribution in [2.75, 3.05) is 0 Å². The van der Waals surface area contributed by atoms with Crippen LogP contribution in [-0.2, 0) is 680 Å². The molecule has 2 heterocycles. The van der Waals surface area contributed by atoms with E-state index < -0.39 is 0 Å². The molecule has 2 nitrogen and oxygen atoms in total. The second kappa shape index (κ2) is 87.7. The lowest BCUT2D eigenvalue weighted by Gasteiger charge is -2.01. The van der Waals surface area contributed by atoms with Gasteiger partial charge in [-0.1, -0.05) is 24.3 Å². The van der Waals surface area contributed by atoms with Crippen molar-refractivity contribution in [1.82, 2.24) is 9.38 Å². The molecule has 80 heteroatoms. The average molecular weight is 2700 g/mol. The third-order valence-electron chi connectivity index (χ3n) is 4.41. The molecule has 0 aliphatic rings. The Morgan fingerprint density at radius 3 is 0.560 bits per heavy atom. The number of aromatic nitrogens is 2. The summed E-state index contributed by atoms with van der Waals surface area (Å²) in [5.41, 5.74) is 0.763. The van der Waals surface area contributed by atoms with E-state index in [1.54, 1.807) is 123 Å². The van der Waals surface area contributed by atoms with Gasteiger partial charge in [0.25, 0.3) is 0 Å². The van der Waals surface area contributed by atoms with Crippen LogP contribution in [0.25, 0.3) is 16.4 Å². The predicted molar refractivity (Wildman–Crippen MR) is 620 cm³/mol. The number of benzene rings is 1. The summed E-state index contributed by atoms with van der Waals surface area (Å²) in [4.78, 5) is 4.30. The minimum Gasteiger partial charge on any atom is -0.302 e. The van der Waals surface area contributed by atoms with Crippen molar-refractivity contribution < 1.29 is 4.39 Å². The van der Waals surface area contributed by atoms with Gasteiger partial charge in [-0.2, -0.15) is 0 Å². The van der Waals surface area contributed by atoms with Gasteiger partial charge in [0.05, 0.1) is 0 Å². The number of nitrogens with zero attached hydrogens (tertiary/aromatic N) is 2. The fourth-order valence-electron chi connectivity index (χ4n) is 2.56. The second-order valence-corrected chi connectivity index (χ2v) is 140. The normalized spacial score (nSPS) is 8.42. The molecule has 0 radical (unpaired) electrons. The zero-order valence-electron chi connectivity index (χ0n) is 38.6. The second-order valence-electron chi connectivity index (χ2n) is 8.35. The maximum Gasteiger partial charge on any atom is 0.147 e. The molecule has 0 aliphatic carbocycles. The highest BCUT2D eigenvalue weighted by Gasteiger charge is 2.07. The molecule has 0 spiro atoms. The summed E-state index contributed by atoms with van der Waals surface area (Å²) in [6.07, 6.45) is 3.18. The first-order chi connectivity index (χ1) is 45.2. The van der Waals surface area contributed by atoms with Gasteiger partial charge in [0.15, 0.2) is 0 Å². The number of rotatable bonds is 0. The van der Waals surface area contributed by atoms with Crippen LogP contribution >= 0.6 is 15.9 Å². The summed E-state index contributed by atoms with van der Waals surface area (Å²) < 4.78 is 16.1. The van der Waals surface area contributed by atoms with Crippen molar-refractivity contribution in [3.8, 4) is 0 Å². The number of fused-ring (bicyclic) bond motifs is 3. The lowest BCUT2D eigenvalue weighted by molar-refractivity contribution is 0.631. The van der Waals surface area contributed by atoms with Gasteiger partial charge in [-0.15, -0.1) is 0 Å². The van der Waals surface area contributed by atoms with Gasteiger partial charge in [0.2, 0.25) is 0 Å². The van der Waals surface area contributed by atoms with Crippen molar-refractivity contribution in [1.29, 1.82) is 0 Å². The Morgan fingerprint density at radius 2 is 0.396 bits per heavy atom. The van der Waals surface area contributed by atoms with Gasteiger partial charge in [0.1, 0.15) is 16.1 Å². The van der Waals surface area contributed by atoms with Crippen LogP contribution in [0.5, 0.6) is 0 Å². The first-order valence-electron chi connectivity index (χ1n) is 17.0. The molecule has 91 heavy (non-hydrogen) atoms. The minimum atomic E-state index is -0.233. The highest BCUT2D eigenvalue weighted by Crippen LogP contribution is 2.23. The third-order valence-corrected chi connectivity index (χ3v) is 167. The largest absolute Gasteiger partial charge is 0.302 e. The van der Waals surface area contributed by atoms with E-state index >= 15 is 0 Å². The van der Waals surface area contributed by atoms with E-state index in [0.717, 1.165) is 11.0 Å². The van der Waals surface area contributed by atoms with Gasteiger partial charge in [-0.3, -0.25) is 0 Å². The molecule has 0 saturated heterocycles. The highest BCUT2D eigenvalue weighted by atomic mass is 79.9. The molecule has 0 atom stereocenters. The molecule has 0 N–H and O–H groups in total. The smallest absolute Gasteiger partial charge is 0.147 e. The molecule has 1 aromatic carbocycles. The van der Waals surface area contributed by atoms with Crippen molar-refractivity contribution >= 4 is 712 Å². The molecule has 0 aliphatic heterocycles. The molecule has 3 aromatic rings. The van der Waals surface area contributed by atoms with E-state index in [4.69, 9.17) is 22.4 Å². The number of pyridine rings is 1. The molecule has 0 bridgehead atoms. The van der Waals surface area contributed by atoms with Crippen molar-refractivity contribution in [2.24, 2.45) is 0 Å². The Kier molecular flexibility index (Phi) is 98.6. The van der Waals surface area contributed by atoms with Gasteiger partial charge in [-0.05, 0) is 15.9 Å². The van der Waals surface area contributed by atoms with E-state index in [-0.39, 0.29) is 5.82 Å². The fourth-order valence-corrected chi connectivity index (χ4v) is 201. The van der Waals surface area contributed by atoms with Crippen LogP contribution < -0.4 is 0 Å². The van der Waals surface area contributed by atoms with Crippen molar-refractivity contribution in [2.45, 2.75) is 0 Å². The van der Waals surface area contributed by atoms with Crippen molar-refractivity contribution in [3.05, 3.63) is 47.1 Å². The topological polar surface area (TPSA) is 17.3 Å². The Hall–Kier alpha value is 15.3. The summed E-state index contributed by atoms with van der Waals surface area (Å²) in [5, 5.41) is 1.42. The Balaban J connectivity index is 0.00000160. The van der Waals surface area contributed by atoms with Crippen LogP contribution in [-0.4, -0.2) is 9.38 Å². The summed E-state index contributed by atoms with van der Waals surface area (Å²) in [6.45, 7) is 0. The van der Waals surface area contributed by atoms with Crippen LogP contribution in [0.1, 0.15) is 0 Å². The number of imidazole rings is 1. The number of hydrogen-bond acceptors (Lipinski definition) is 3. The van der Waals surface area contributed by atoms with Gasteiger partial charge in [0, 0.05) is 703 Å². The zero-order valence-corrected chi connectivity index (χ0v) is 102. The zero-order chi connectivity index (χ0) is 64.7. The summed E-state index contributed by atoms with van der Waals surface area (Å²) >= 11 is 12.9. The highest BCUT2D eigenvalue weighted by molar-refractivity contribution is 9.10. The Morgan fingerprint density at radius 1 is 0.242 bits per heavy atom. The fraction of sp³-hybridized carbons (Fsp3) is 0. The molecule has 0 fully saturated rings. The van der Waals surface area contributed by atoms with Crippen LogP contribution in [0, 0.1) is 5.82 Å². The molecule has 530 valence electrons. The molecule has 0 amide bonds. The van der Waals surface area contributed by atoms with Crippen LogP contribution in [0.15, 0.2) is 41.3 Å². The molecule has 2 aromatic heterocycles. The first-order valence-corrected chi connectivity index (χ1v) is 118. The van der Waals surface area contributed by atoms with E-state index in [0.29, 0.717) is 9.99 Å². The first kappa shape index (κ1) is 102. The maximum absolute atomic E-state index is 13.7. The van der Waals surface area contributed by atoms with E-state index in [1.165, 1.54) is 24.0 Å². The minimum absolute atomic E-state index is 0.233. The summed E-state index contributed by atoms with van der Waals surface area (Å²) in [7, 11) is 133. The number of hydrogen-bond donors (Lipinski definition) is 0.